The number of guanidine groups is 1. The van der Waals surface area contributed by atoms with Gasteiger partial charge >= 0.3 is 0 Å². The predicted molar refractivity (Wildman–Crippen MR) is 108 cm³/mol. The Hall–Kier alpha value is -0.850. The molecule has 3 unspecified atom stereocenters. The second kappa shape index (κ2) is 9.90. The molecule has 1 N–H and O–H groups in total. The van der Waals surface area contributed by atoms with Crippen LogP contribution in [-0.4, -0.2) is 98.3 Å². The van der Waals surface area contributed by atoms with Gasteiger partial charge in [-0.05, 0) is 45.6 Å². The first-order valence-electron chi connectivity index (χ1n) is 10.8. The Bertz CT molecular complexity index is 451. The molecule has 0 amide bonds. The third-order valence-electron chi connectivity index (χ3n) is 6.18. The van der Waals surface area contributed by atoms with Crippen molar-refractivity contribution in [2.75, 3.05) is 65.6 Å². The fraction of sp³-hybridized carbons (Fsp3) is 0.950. The summed E-state index contributed by atoms with van der Waals surface area (Å²) < 4.78 is 5.51. The van der Waals surface area contributed by atoms with Gasteiger partial charge in [-0.1, -0.05) is 6.92 Å². The van der Waals surface area contributed by atoms with Gasteiger partial charge in [-0.2, -0.15) is 0 Å². The van der Waals surface area contributed by atoms with E-state index < -0.39 is 0 Å². The van der Waals surface area contributed by atoms with Crippen molar-refractivity contribution in [1.82, 2.24) is 20.0 Å². The summed E-state index contributed by atoms with van der Waals surface area (Å²) in [6.07, 6.45) is 3.96. The van der Waals surface area contributed by atoms with Crippen LogP contribution in [0, 0.1) is 5.92 Å². The van der Waals surface area contributed by atoms with Crippen molar-refractivity contribution in [1.29, 1.82) is 0 Å². The average Bonchev–Trinajstić information content (AvgIpc) is 3.15. The number of ether oxygens (including phenoxy) is 1. The van der Waals surface area contributed by atoms with E-state index in [0.29, 0.717) is 12.1 Å². The highest BCUT2D eigenvalue weighted by molar-refractivity contribution is 5.80. The zero-order valence-electron chi connectivity index (χ0n) is 17.1. The van der Waals surface area contributed by atoms with Crippen LogP contribution >= 0.6 is 0 Å². The van der Waals surface area contributed by atoms with Gasteiger partial charge in [-0.3, -0.25) is 14.8 Å². The van der Waals surface area contributed by atoms with Gasteiger partial charge in [-0.15, -0.1) is 0 Å². The van der Waals surface area contributed by atoms with E-state index in [9.17, 15) is 0 Å². The molecule has 0 aliphatic carbocycles. The molecule has 3 atom stereocenters. The maximum atomic E-state index is 5.51. The van der Waals surface area contributed by atoms with Crippen molar-refractivity contribution in [2.45, 2.75) is 52.1 Å². The number of hydrogen-bond donors (Lipinski definition) is 1. The van der Waals surface area contributed by atoms with Crippen LogP contribution in [0.5, 0.6) is 0 Å². The fourth-order valence-electron chi connectivity index (χ4n) is 4.56. The molecule has 150 valence electrons. The third-order valence-corrected chi connectivity index (χ3v) is 6.18. The Labute approximate surface area is 159 Å². The molecule has 0 spiro atoms. The quantitative estimate of drug-likeness (QED) is 0.590. The van der Waals surface area contributed by atoms with Gasteiger partial charge in [0.05, 0.1) is 19.8 Å². The van der Waals surface area contributed by atoms with Gasteiger partial charge in [0.15, 0.2) is 5.96 Å². The Morgan fingerprint density at radius 1 is 1.15 bits per heavy atom. The number of likely N-dealkylation sites (tertiary alicyclic amines) is 2. The van der Waals surface area contributed by atoms with Gasteiger partial charge in [0.25, 0.3) is 0 Å². The molecule has 3 aliphatic rings. The van der Waals surface area contributed by atoms with Crippen molar-refractivity contribution < 1.29 is 4.74 Å². The predicted octanol–water partition coefficient (Wildman–Crippen LogP) is 1.48. The fourth-order valence-corrected chi connectivity index (χ4v) is 4.56. The minimum atomic E-state index is 0.532. The number of piperidine rings is 1. The number of nitrogens with zero attached hydrogens (tertiary/aromatic N) is 4. The second-order valence-electron chi connectivity index (χ2n) is 8.32. The lowest BCUT2D eigenvalue weighted by molar-refractivity contribution is 0.0195. The molecule has 0 aromatic rings. The van der Waals surface area contributed by atoms with E-state index in [1.165, 1.54) is 32.4 Å². The van der Waals surface area contributed by atoms with Gasteiger partial charge in [0.2, 0.25) is 0 Å². The van der Waals surface area contributed by atoms with Crippen LogP contribution in [0.25, 0.3) is 0 Å². The molecule has 0 aromatic heterocycles. The van der Waals surface area contributed by atoms with Crippen molar-refractivity contribution in [3.63, 3.8) is 0 Å². The Balaban J connectivity index is 1.53. The normalized spacial score (nSPS) is 30.6. The summed E-state index contributed by atoms with van der Waals surface area (Å²) >= 11 is 0. The number of morpholine rings is 1. The molecule has 3 fully saturated rings. The standard InChI is InChI=1S/C20H39N5O/c1-4-21-20(22-14-18(3)24-8-5-6-17(2)15-24)25-9-7-19(16-25)23-10-12-26-13-11-23/h17-19H,4-16H2,1-3H3,(H,21,22). The van der Waals surface area contributed by atoms with Crippen LogP contribution in [0.3, 0.4) is 0 Å². The minimum Gasteiger partial charge on any atom is -0.379 e. The molecule has 3 heterocycles. The Morgan fingerprint density at radius 2 is 1.96 bits per heavy atom. The van der Waals surface area contributed by atoms with Crippen molar-refractivity contribution >= 4 is 5.96 Å². The van der Waals surface area contributed by atoms with E-state index in [4.69, 9.17) is 9.73 Å². The highest BCUT2D eigenvalue weighted by Gasteiger charge is 2.30. The van der Waals surface area contributed by atoms with Crippen molar-refractivity contribution in [2.24, 2.45) is 10.9 Å². The highest BCUT2D eigenvalue weighted by Crippen LogP contribution is 2.19. The smallest absolute Gasteiger partial charge is 0.194 e. The second-order valence-corrected chi connectivity index (χ2v) is 8.32. The summed E-state index contributed by atoms with van der Waals surface area (Å²) in [6, 6.07) is 1.19. The van der Waals surface area contributed by atoms with E-state index >= 15 is 0 Å². The van der Waals surface area contributed by atoms with Crippen LogP contribution in [0.1, 0.15) is 40.0 Å². The molecule has 3 rings (SSSR count). The van der Waals surface area contributed by atoms with Crippen LogP contribution in [0.15, 0.2) is 4.99 Å². The molecule has 0 saturated carbocycles. The monoisotopic (exact) mass is 365 g/mol. The Morgan fingerprint density at radius 3 is 2.69 bits per heavy atom. The average molecular weight is 366 g/mol. The first-order chi connectivity index (χ1) is 12.7. The molecule has 6 nitrogen and oxygen atoms in total. The highest BCUT2D eigenvalue weighted by atomic mass is 16.5. The molecule has 3 aliphatic heterocycles. The lowest BCUT2D eigenvalue weighted by Gasteiger charge is -2.35. The SMILES string of the molecule is CCNC(=NCC(C)N1CCCC(C)C1)N1CCC(N2CCOCC2)C1. The van der Waals surface area contributed by atoms with E-state index in [1.807, 2.05) is 0 Å². The van der Waals surface area contributed by atoms with Crippen LogP contribution < -0.4 is 5.32 Å². The van der Waals surface area contributed by atoms with E-state index in [1.54, 1.807) is 0 Å². The van der Waals surface area contributed by atoms with Gasteiger partial charge < -0.3 is 15.0 Å². The zero-order valence-corrected chi connectivity index (χ0v) is 17.1. The maximum absolute atomic E-state index is 5.51. The topological polar surface area (TPSA) is 43.3 Å². The summed E-state index contributed by atoms with van der Waals surface area (Å²) in [6.45, 7) is 17.3. The molecule has 3 saturated heterocycles. The van der Waals surface area contributed by atoms with Crippen LogP contribution in [0.2, 0.25) is 0 Å². The lowest BCUT2D eigenvalue weighted by Crippen LogP contribution is -2.47. The van der Waals surface area contributed by atoms with E-state index in [0.717, 1.165) is 64.4 Å². The largest absolute Gasteiger partial charge is 0.379 e. The summed E-state index contributed by atoms with van der Waals surface area (Å²) in [7, 11) is 0. The molecule has 26 heavy (non-hydrogen) atoms. The molecule has 0 radical (unpaired) electrons. The van der Waals surface area contributed by atoms with E-state index in [-0.39, 0.29) is 0 Å². The summed E-state index contributed by atoms with van der Waals surface area (Å²) in [5.74, 6) is 1.94. The third kappa shape index (κ3) is 5.33. The summed E-state index contributed by atoms with van der Waals surface area (Å²) in [4.78, 5) is 12.7. The zero-order chi connectivity index (χ0) is 18.4. The summed E-state index contributed by atoms with van der Waals surface area (Å²) in [5.41, 5.74) is 0. The first-order valence-corrected chi connectivity index (χ1v) is 10.8. The number of nitrogens with one attached hydrogen (secondary N) is 1. The van der Waals surface area contributed by atoms with Crippen LogP contribution in [-0.2, 0) is 4.74 Å². The van der Waals surface area contributed by atoms with Gasteiger partial charge in [0.1, 0.15) is 0 Å². The summed E-state index contributed by atoms with van der Waals surface area (Å²) in [5, 5.41) is 3.53. The number of rotatable bonds is 5. The van der Waals surface area contributed by atoms with E-state index in [2.05, 4.69) is 40.8 Å². The maximum Gasteiger partial charge on any atom is 0.194 e. The van der Waals surface area contributed by atoms with Crippen LogP contribution in [0.4, 0.5) is 0 Å². The lowest BCUT2D eigenvalue weighted by atomic mass is 9.99. The molecular weight excluding hydrogens is 326 g/mol. The molecule has 0 aromatic carbocycles. The Kier molecular flexibility index (Phi) is 7.58. The number of aliphatic imine (C=N–C) groups is 1. The van der Waals surface area contributed by atoms with Gasteiger partial charge in [-0.25, -0.2) is 0 Å². The molecular formula is C20H39N5O. The van der Waals surface area contributed by atoms with Crippen molar-refractivity contribution in [3.05, 3.63) is 0 Å². The van der Waals surface area contributed by atoms with Crippen molar-refractivity contribution in [3.8, 4) is 0 Å². The van der Waals surface area contributed by atoms with Gasteiger partial charge in [0, 0.05) is 51.4 Å². The molecule has 0 bridgehead atoms. The molecule has 6 heteroatoms. The minimum absolute atomic E-state index is 0.532. The first kappa shape index (κ1) is 19.9. The number of hydrogen-bond acceptors (Lipinski definition) is 4.